The molecule has 1 aliphatic carbocycles. The minimum absolute atomic E-state index is 0.160. The van der Waals surface area contributed by atoms with Crippen molar-refractivity contribution in [2.75, 3.05) is 26.3 Å². The monoisotopic (exact) mass is 559 g/mol. The molecule has 2 aliphatic rings. The third kappa shape index (κ3) is 7.38. The number of carbonyl (C=O) groups is 2. The molecule has 0 amide bonds. The molecule has 0 saturated heterocycles. The van der Waals surface area contributed by atoms with Crippen molar-refractivity contribution in [1.82, 2.24) is 4.90 Å². The van der Waals surface area contributed by atoms with Crippen LogP contribution < -0.4 is 14.2 Å². The number of aliphatic carboxylic acids is 1. The fourth-order valence-electron chi connectivity index (χ4n) is 5.77. The molecule has 1 atom stereocenters. The van der Waals surface area contributed by atoms with Crippen LogP contribution in [0.25, 0.3) is 0 Å². The summed E-state index contributed by atoms with van der Waals surface area (Å²) in [6.07, 6.45) is 5.19. The number of ether oxygens (including phenoxy) is 3. The lowest BCUT2D eigenvalue weighted by molar-refractivity contribution is -0.137. The number of carboxylic acids is 2. The van der Waals surface area contributed by atoms with Crippen LogP contribution in [-0.2, 0) is 24.2 Å². The lowest BCUT2D eigenvalue weighted by Crippen LogP contribution is -2.34. The molecular weight excluding hydrogens is 522 g/mol. The molecule has 0 radical (unpaired) electrons. The first-order chi connectivity index (χ1) is 20.0. The van der Waals surface area contributed by atoms with E-state index in [1.807, 2.05) is 48.5 Å². The van der Waals surface area contributed by atoms with Gasteiger partial charge in [-0.1, -0.05) is 30.3 Å². The molecule has 3 aromatic carbocycles. The second-order valence-electron chi connectivity index (χ2n) is 10.6. The molecule has 41 heavy (non-hydrogen) atoms. The second-order valence-corrected chi connectivity index (χ2v) is 10.6. The fourth-order valence-corrected chi connectivity index (χ4v) is 5.77. The van der Waals surface area contributed by atoms with Crippen LogP contribution in [0.5, 0.6) is 17.2 Å². The first-order valence-corrected chi connectivity index (χ1v) is 14.4. The average Bonchev–Trinajstić information content (AvgIpc) is 2.99. The van der Waals surface area contributed by atoms with Gasteiger partial charge < -0.3 is 24.4 Å². The molecule has 0 fully saturated rings. The summed E-state index contributed by atoms with van der Waals surface area (Å²) in [6, 6.07) is 19.6. The molecule has 0 spiro atoms. The van der Waals surface area contributed by atoms with Gasteiger partial charge in [0.05, 0.1) is 5.56 Å². The van der Waals surface area contributed by atoms with E-state index in [1.165, 1.54) is 5.56 Å². The van der Waals surface area contributed by atoms with Crippen LogP contribution in [0, 0.1) is 0 Å². The first-order valence-electron chi connectivity index (χ1n) is 14.4. The Morgan fingerprint density at radius 3 is 2.59 bits per heavy atom. The smallest absolute Gasteiger partial charge is 0.335 e. The third-order valence-corrected chi connectivity index (χ3v) is 7.84. The van der Waals surface area contributed by atoms with Crippen molar-refractivity contribution in [3.8, 4) is 17.2 Å². The molecule has 1 heterocycles. The summed E-state index contributed by atoms with van der Waals surface area (Å²) in [5, 5.41) is 18.6. The highest BCUT2D eigenvalue weighted by Gasteiger charge is 2.27. The van der Waals surface area contributed by atoms with E-state index in [0.717, 1.165) is 79.1 Å². The Balaban J connectivity index is 1.29. The van der Waals surface area contributed by atoms with Gasteiger partial charge in [0.1, 0.15) is 25.6 Å². The number of hydrogen-bond acceptors (Lipinski definition) is 6. The summed E-state index contributed by atoms with van der Waals surface area (Å²) in [5.41, 5.74) is 4.71. The molecule has 2 N–H and O–H groups in total. The molecule has 216 valence electrons. The molecule has 0 saturated carbocycles. The van der Waals surface area contributed by atoms with E-state index in [0.29, 0.717) is 31.8 Å². The summed E-state index contributed by atoms with van der Waals surface area (Å²) in [7, 11) is 0. The Kier molecular flexibility index (Phi) is 9.41. The molecule has 1 unspecified atom stereocenters. The molecule has 8 nitrogen and oxygen atoms in total. The van der Waals surface area contributed by atoms with Gasteiger partial charge in [0.2, 0.25) is 0 Å². The van der Waals surface area contributed by atoms with E-state index in [-0.39, 0.29) is 12.5 Å². The highest BCUT2D eigenvalue weighted by molar-refractivity contribution is 5.88. The van der Waals surface area contributed by atoms with Crippen molar-refractivity contribution < 1.29 is 34.0 Å². The maximum atomic E-state index is 11.5. The average molecular weight is 560 g/mol. The van der Waals surface area contributed by atoms with Gasteiger partial charge in [-0.3, -0.25) is 9.69 Å². The van der Waals surface area contributed by atoms with Crippen LogP contribution >= 0.6 is 0 Å². The van der Waals surface area contributed by atoms with Crippen LogP contribution in [0.2, 0.25) is 0 Å². The first kappa shape index (κ1) is 28.5. The Morgan fingerprint density at radius 2 is 1.76 bits per heavy atom. The van der Waals surface area contributed by atoms with Crippen molar-refractivity contribution in [3.63, 3.8) is 0 Å². The van der Waals surface area contributed by atoms with E-state index >= 15 is 0 Å². The Labute approximate surface area is 240 Å². The third-order valence-electron chi connectivity index (χ3n) is 7.84. The zero-order chi connectivity index (χ0) is 28.6. The summed E-state index contributed by atoms with van der Waals surface area (Å²) >= 11 is 0. The predicted molar refractivity (Wildman–Crippen MR) is 154 cm³/mol. The zero-order valence-electron chi connectivity index (χ0n) is 23.2. The number of aromatic carboxylic acids is 1. The minimum atomic E-state index is -0.909. The van der Waals surface area contributed by atoms with E-state index in [1.54, 1.807) is 6.07 Å². The van der Waals surface area contributed by atoms with E-state index in [2.05, 4.69) is 11.0 Å². The van der Waals surface area contributed by atoms with Crippen molar-refractivity contribution in [2.24, 2.45) is 0 Å². The van der Waals surface area contributed by atoms with Gasteiger partial charge in [-0.15, -0.1) is 0 Å². The predicted octanol–water partition coefficient (Wildman–Crippen LogP) is 5.91. The van der Waals surface area contributed by atoms with E-state index < -0.39 is 11.9 Å². The standard InChI is InChI=1S/C33H37NO7/c35-32(36)10-3-4-16-34(28-8-5-7-25-21-26(33(37)38)12-13-27(25)28)17-15-24-6-1-2-9-29(24)41-22-23-11-14-30-31(20-23)40-19-18-39-30/h1-2,6,9,11-14,20-21,28H,3-5,7-8,10,15-19,22H2,(H,35,36)(H,37,38). The second kappa shape index (κ2) is 13.5. The van der Waals surface area contributed by atoms with Gasteiger partial charge >= 0.3 is 11.9 Å². The number of unbranched alkanes of at least 4 members (excludes halogenated alkanes) is 1. The van der Waals surface area contributed by atoms with Gasteiger partial charge in [-0.25, -0.2) is 4.79 Å². The van der Waals surface area contributed by atoms with Gasteiger partial charge in [0.25, 0.3) is 0 Å². The maximum Gasteiger partial charge on any atom is 0.335 e. The number of hydrogen-bond donors (Lipinski definition) is 2. The van der Waals surface area contributed by atoms with Crippen LogP contribution in [-0.4, -0.2) is 53.4 Å². The number of aryl methyl sites for hydroxylation is 1. The van der Waals surface area contributed by atoms with Crippen molar-refractivity contribution in [2.45, 2.75) is 57.6 Å². The van der Waals surface area contributed by atoms with Crippen LogP contribution in [0.1, 0.15) is 70.8 Å². The van der Waals surface area contributed by atoms with E-state index in [9.17, 15) is 14.7 Å². The highest BCUT2D eigenvalue weighted by atomic mass is 16.6. The zero-order valence-corrected chi connectivity index (χ0v) is 23.2. The normalized spacial score (nSPS) is 15.8. The van der Waals surface area contributed by atoms with Crippen LogP contribution in [0.3, 0.4) is 0 Å². The largest absolute Gasteiger partial charge is 0.489 e. The molecular formula is C33H37NO7. The SMILES string of the molecule is O=C(O)CCCCN(CCc1ccccc1OCc1ccc2c(c1)OCCO2)C1CCCc2cc(C(=O)O)ccc21. The van der Waals surface area contributed by atoms with Crippen molar-refractivity contribution in [3.05, 3.63) is 88.5 Å². The number of para-hydroxylation sites is 1. The van der Waals surface area contributed by atoms with Gasteiger partial charge in [-0.05, 0) is 97.7 Å². The van der Waals surface area contributed by atoms with Crippen molar-refractivity contribution in [1.29, 1.82) is 0 Å². The van der Waals surface area contributed by atoms with Crippen LogP contribution in [0.4, 0.5) is 0 Å². The molecule has 1 aliphatic heterocycles. The topological polar surface area (TPSA) is 106 Å². The van der Waals surface area contributed by atoms with Gasteiger partial charge in [0.15, 0.2) is 11.5 Å². The molecule has 5 rings (SSSR count). The fraction of sp³-hybridized carbons (Fsp3) is 0.394. The Bertz CT molecular complexity index is 1370. The number of benzene rings is 3. The minimum Gasteiger partial charge on any atom is -0.489 e. The number of fused-ring (bicyclic) bond motifs is 2. The Hall–Kier alpha value is -4.04. The lowest BCUT2D eigenvalue weighted by atomic mass is 9.85. The molecule has 0 bridgehead atoms. The number of nitrogens with zero attached hydrogens (tertiary/aromatic N) is 1. The maximum absolute atomic E-state index is 11.5. The molecule has 3 aromatic rings. The van der Waals surface area contributed by atoms with Gasteiger partial charge in [-0.2, -0.15) is 0 Å². The Morgan fingerprint density at radius 1 is 0.927 bits per heavy atom. The number of rotatable bonds is 13. The summed E-state index contributed by atoms with van der Waals surface area (Å²) in [5.74, 6) is 0.654. The quantitative estimate of drug-likeness (QED) is 0.249. The van der Waals surface area contributed by atoms with E-state index in [4.69, 9.17) is 19.3 Å². The highest BCUT2D eigenvalue weighted by Crippen LogP contribution is 2.36. The summed E-state index contributed by atoms with van der Waals surface area (Å²) in [4.78, 5) is 25.1. The van der Waals surface area contributed by atoms with Gasteiger partial charge in [0, 0.05) is 19.0 Å². The summed E-state index contributed by atoms with van der Waals surface area (Å²) < 4.78 is 17.6. The lowest BCUT2D eigenvalue weighted by Gasteiger charge is -2.36. The van der Waals surface area contributed by atoms with Crippen molar-refractivity contribution >= 4 is 11.9 Å². The molecule has 0 aromatic heterocycles. The van der Waals surface area contributed by atoms with Crippen LogP contribution in [0.15, 0.2) is 60.7 Å². The molecule has 8 heteroatoms. The summed E-state index contributed by atoms with van der Waals surface area (Å²) in [6.45, 7) is 3.07. The number of carboxylic acid groups (broad SMARTS) is 2.